The zero-order valence-corrected chi connectivity index (χ0v) is 9.20. The molecule has 1 rings (SSSR count). The Morgan fingerprint density at radius 2 is 2.40 bits per heavy atom. The van der Waals surface area contributed by atoms with E-state index in [4.69, 9.17) is 4.74 Å². The summed E-state index contributed by atoms with van der Waals surface area (Å²) >= 11 is 1.00. The molecule has 15 heavy (non-hydrogen) atoms. The highest BCUT2D eigenvalue weighted by molar-refractivity contribution is 7.10. The molecule has 0 amide bonds. The Labute approximate surface area is 92.1 Å². The van der Waals surface area contributed by atoms with Crippen LogP contribution in [0.1, 0.15) is 24.6 Å². The van der Waals surface area contributed by atoms with Crippen molar-refractivity contribution in [2.45, 2.75) is 19.8 Å². The summed E-state index contributed by atoms with van der Waals surface area (Å²) in [6.07, 6.45) is 0.729. The number of ether oxygens (including phenoxy) is 1. The lowest BCUT2D eigenvalue weighted by molar-refractivity contribution is -0.142. The van der Waals surface area contributed by atoms with Crippen molar-refractivity contribution in [2.24, 2.45) is 0 Å². The van der Waals surface area contributed by atoms with E-state index < -0.39 is 0 Å². The Bertz CT molecular complexity index is 387. The van der Waals surface area contributed by atoms with E-state index in [0.29, 0.717) is 17.9 Å². The summed E-state index contributed by atoms with van der Waals surface area (Å²) in [6.45, 7) is 2.15. The molecule has 0 spiro atoms. The van der Waals surface area contributed by atoms with Gasteiger partial charge in [0.15, 0.2) is 5.13 Å². The van der Waals surface area contributed by atoms with Gasteiger partial charge in [-0.3, -0.25) is 4.79 Å². The van der Waals surface area contributed by atoms with Crippen molar-refractivity contribution in [3.05, 3.63) is 22.1 Å². The molecule has 0 aliphatic heterocycles. The van der Waals surface area contributed by atoms with Crippen LogP contribution in [0.15, 0.2) is 12.1 Å². The Morgan fingerprint density at radius 1 is 1.60 bits per heavy atom. The van der Waals surface area contributed by atoms with Gasteiger partial charge in [-0.05, 0) is 19.1 Å². The minimum atomic E-state index is -0.246. The van der Waals surface area contributed by atoms with E-state index in [1.165, 1.54) is 6.07 Å². The zero-order valence-electron chi connectivity index (χ0n) is 8.38. The third-order valence-corrected chi connectivity index (χ3v) is 2.33. The van der Waals surface area contributed by atoms with Crippen LogP contribution in [0.4, 0.5) is 4.39 Å². The van der Waals surface area contributed by atoms with Crippen LogP contribution in [0.5, 0.6) is 0 Å². The molecule has 0 N–H and O–H groups in total. The predicted molar refractivity (Wildman–Crippen MR) is 57.0 cm³/mol. The van der Waals surface area contributed by atoms with Gasteiger partial charge in [-0.15, -0.1) is 0 Å². The van der Waals surface area contributed by atoms with Crippen LogP contribution in [-0.2, 0) is 9.53 Å². The van der Waals surface area contributed by atoms with Gasteiger partial charge in [0.1, 0.15) is 0 Å². The Kier molecular flexibility index (Phi) is 4.85. The van der Waals surface area contributed by atoms with Crippen molar-refractivity contribution in [2.75, 3.05) is 6.61 Å². The number of rotatable bonds is 3. The zero-order chi connectivity index (χ0) is 11.1. The molecule has 0 aliphatic rings. The number of carbonyl (C=O) groups is 1. The predicted octanol–water partition coefficient (Wildman–Crippen LogP) is 2.58. The van der Waals surface area contributed by atoms with Gasteiger partial charge >= 0.3 is 5.97 Å². The Hall–Kier alpha value is -1.34. The molecule has 0 fully saturated rings. The summed E-state index contributed by atoms with van der Waals surface area (Å²) in [7, 11) is 0. The Morgan fingerprint density at radius 3 is 3.00 bits per heavy atom. The summed E-state index contributed by atoms with van der Waals surface area (Å²) in [5, 5.41) is -0.246. The van der Waals surface area contributed by atoms with Crippen molar-refractivity contribution in [1.82, 2.24) is 0 Å². The molecular weight excluding hydrogens is 215 g/mol. The van der Waals surface area contributed by atoms with E-state index in [2.05, 4.69) is 11.8 Å². The second-order valence-corrected chi connectivity index (χ2v) is 3.74. The summed E-state index contributed by atoms with van der Waals surface area (Å²) in [6, 6.07) is 3.00. The second kappa shape index (κ2) is 6.20. The molecule has 0 bridgehead atoms. The number of hydrogen-bond donors (Lipinski definition) is 0. The second-order valence-electron chi connectivity index (χ2n) is 2.71. The van der Waals surface area contributed by atoms with E-state index in [1.807, 2.05) is 0 Å². The molecule has 80 valence electrons. The quantitative estimate of drug-likeness (QED) is 0.585. The van der Waals surface area contributed by atoms with Crippen LogP contribution >= 0.6 is 11.3 Å². The molecule has 1 aromatic heterocycles. The molecule has 0 atom stereocenters. The fraction of sp³-hybridized carbons (Fsp3) is 0.364. The highest BCUT2D eigenvalue weighted by Gasteiger charge is 1.98. The molecule has 0 saturated heterocycles. The van der Waals surface area contributed by atoms with Crippen molar-refractivity contribution >= 4 is 17.3 Å². The van der Waals surface area contributed by atoms with Crippen molar-refractivity contribution in [3.63, 3.8) is 0 Å². The third kappa shape index (κ3) is 4.61. The van der Waals surface area contributed by atoms with E-state index in [9.17, 15) is 9.18 Å². The topological polar surface area (TPSA) is 26.3 Å². The molecule has 2 nitrogen and oxygen atoms in total. The van der Waals surface area contributed by atoms with Gasteiger partial charge in [0.25, 0.3) is 0 Å². The van der Waals surface area contributed by atoms with E-state index in [-0.39, 0.29) is 17.5 Å². The first-order valence-corrected chi connectivity index (χ1v) is 5.44. The maximum absolute atomic E-state index is 12.5. The van der Waals surface area contributed by atoms with Gasteiger partial charge in [0.05, 0.1) is 17.9 Å². The summed E-state index contributed by atoms with van der Waals surface area (Å²) in [5.74, 6) is 5.33. The van der Waals surface area contributed by atoms with Crippen LogP contribution in [0.3, 0.4) is 0 Å². The normalized spacial score (nSPS) is 9.20. The molecule has 0 aliphatic carbocycles. The molecule has 0 aromatic carbocycles. The molecule has 0 unspecified atom stereocenters. The first-order chi connectivity index (χ1) is 7.22. The SMILES string of the molecule is CCOC(=O)CCC#Cc1ccc(F)s1. The summed E-state index contributed by atoms with van der Waals surface area (Å²) < 4.78 is 17.3. The Balaban J connectivity index is 2.31. The lowest BCUT2D eigenvalue weighted by atomic mass is 10.3. The van der Waals surface area contributed by atoms with E-state index in [1.54, 1.807) is 13.0 Å². The fourth-order valence-electron chi connectivity index (χ4n) is 0.929. The highest BCUT2D eigenvalue weighted by atomic mass is 32.1. The van der Waals surface area contributed by atoms with Crippen molar-refractivity contribution in [1.29, 1.82) is 0 Å². The van der Waals surface area contributed by atoms with Crippen molar-refractivity contribution in [3.8, 4) is 11.8 Å². The largest absolute Gasteiger partial charge is 0.466 e. The number of carbonyl (C=O) groups excluding carboxylic acids is 1. The molecule has 0 saturated carbocycles. The maximum atomic E-state index is 12.5. The van der Waals surface area contributed by atoms with Crippen LogP contribution in [0.2, 0.25) is 0 Å². The molecule has 1 heterocycles. The first-order valence-electron chi connectivity index (χ1n) is 4.62. The van der Waals surface area contributed by atoms with Crippen LogP contribution in [0.25, 0.3) is 0 Å². The number of thiophene rings is 1. The summed E-state index contributed by atoms with van der Waals surface area (Å²) in [4.78, 5) is 11.6. The monoisotopic (exact) mass is 226 g/mol. The standard InChI is InChI=1S/C11H11FO2S/c1-2-14-11(13)6-4-3-5-9-7-8-10(12)15-9/h7-8H,2,4,6H2,1H3. The van der Waals surface area contributed by atoms with Crippen LogP contribution in [-0.4, -0.2) is 12.6 Å². The lowest BCUT2D eigenvalue weighted by Gasteiger charge is -1.96. The molecule has 1 aromatic rings. The first kappa shape index (κ1) is 11.7. The highest BCUT2D eigenvalue weighted by Crippen LogP contribution is 2.12. The number of esters is 1. The van der Waals surface area contributed by atoms with Gasteiger partial charge in [0, 0.05) is 6.42 Å². The maximum Gasteiger partial charge on any atom is 0.306 e. The minimum absolute atomic E-state index is 0.246. The van der Waals surface area contributed by atoms with E-state index >= 15 is 0 Å². The van der Waals surface area contributed by atoms with Gasteiger partial charge in [-0.2, -0.15) is 4.39 Å². The fourth-order valence-corrected chi connectivity index (χ4v) is 1.53. The van der Waals surface area contributed by atoms with Crippen LogP contribution in [0, 0.1) is 17.0 Å². The average molecular weight is 226 g/mol. The number of halogens is 1. The molecule has 0 radical (unpaired) electrons. The smallest absolute Gasteiger partial charge is 0.306 e. The average Bonchev–Trinajstić information content (AvgIpc) is 2.60. The third-order valence-electron chi connectivity index (χ3n) is 1.54. The number of hydrogen-bond acceptors (Lipinski definition) is 3. The van der Waals surface area contributed by atoms with Gasteiger partial charge in [0.2, 0.25) is 0 Å². The molecular formula is C11H11FO2S. The minimum Gasteiger partial charge on any atom is -0.466 e. The van der Waals surface area contributed by atoms with Gasteiger partial charge in [-0.25, -0.2) is 0 Å². The summed E-state index contributed by atoms with van der Waals surface area (Å²) in [5.41, 5.74) is 0. The van der Waals surface area contributed by atoms with Gasteiger partial charge in [-0.1, -0.05) is 23.2 Å². The van der Waals surface area contributed by atoms with Crippen LogP contribution < -0.4 is 0 Å². The van der Waals surface area contributed by atoms with E-state index in [0.717, 1.165) is 11.3 Å². The lowest BCUT2D eigenvalue weighted by Crippen LogP contribution is -2.02. The van der Waals surface area contributed by atoms with Gasteiger partial charge < -0.3 is 4.74 Å². The van der Waals surface area contributed by atoms with Crippen molar-refractivity contribution < 1.29 is 13.9 Å². The molecule has 4 heteroatoms.